The van der Waals surface area contributed by atoms with Crippen LogP contribution in [-0.4, -0.2) is 93.7 Å². The molecular weight excluding hydrogens is 695 g/mol. The molecule has 0 amide bonds. The number of hydrogen-bond acceptors (Lipinski definition) is 11. The maximum absolute atomic E-state index is 9.83. The molecule has 13 heteroatoms. The molecule has 0 saturated heterocycles. The summed E-state index contributed by atoms with van der Waals surface area (Å²) in [6.07, 6.45) is 8.58. The second kappa shape index (κ2) is 18.8. The summed E-state index contributed by atoms with van der Waals surface area (Å²) in [4.78, 5) is 3.03. The molecule has 3 atom stereocenters. The summed E-state index contributed by atoms with van der Waals surface area (Å²) in [5.41, 5.74) is 1.40. The standard InChI is InChI=1S/C38H46Cl2N4O7/c1-36(24-46,25-47)44-20-30-15-33(39)35(16-34(30)49-23-28-14-27(17-41)18-43-19-28)50-26-38(51-13-7-12-42-21-31(48)22-45)11-6-10-32(37(38,2)40)29-8-4-3-5-9-29/h3-6,8-11,14-16,18-19,31,42,44-48H,7,12-13,20-26H2,1-2H3/t31?,37-,38?/m0/s1. The Morgan fingerprint density at radius 3 is 2.53 bits per heavy atom. The number of hydrogen-bond donors (Lipinski definition) is 6. The minimum Gasteiger partial charge on any atom is -0.488 e. The van der Waals surface area contributed by atoms with Gasteiger partial charge < -0.3 is 45.3 Å². The van der Waals surface area contributed by atoms with E-state index in [-0.39, 0.29) is 46.1 Å². The number of pyridine rings is 1. The highest BCUT2D eigenvalue weighted by Gasteiger charge is 2.51. The van der Waals surface area contributed by atoms with Gasteiger partial charge in [-0.2, -0.15) is 5.26 Å². The summed E-state index contributed by atoms with van der Waals surface area (Å²) in [6, 6.07) is 16.9. The zero-order chi connectivity index (χ0) is 36.9. The lowest BCUT2D eigenvalue weighted by atomic mass is 9.76. The molecule has 11 nitrogen and oxygen atoms in total. The van der Waals surface area contributed by atoms with Gasteiger partial charge in [-0.05, 0) is 56.2 Å². The molecule has 2 aromatic carbocycles. The summed E-state index contributed by atoms with van der Waals surface area (Å²) >= 11 is 14.3. The van der Waals surface area contributed by atoms with E-state index < -0.39 is 22.1 Å². The van der Waals surface area contributed by atoms with Crippen molar-refractivity contribution in [2.24, 2.45) is 0 Å². The van der Waals surface area contributed by atoms with Crippen molar-refractivity contribution < 1.29 is 34.6 Å². The molecule has 1 aliphatic carbocycles. The van der Waals surface area contributed by atoms with E-state index in [1.165, 1.54) is 6.20 Å². The Bertz CT molecular complexity index is 1680. The molecule has 1 aliphatic rings. The Hall–Kier alpha value is -3.54. The normalized spacial score (nSPS) is 19.3. The van der Waals surface area contributed by atoms with Crippen molar-refractivity contribution in [1.29, 1.82) is 5.26 Å². The van der Waals surface area contributed by atoms with Crippen molar-refractivity contribution in [2.45, 2.75) is 55.5 Å². The molecule has 6 N–H and O–H groups in total. The molecular formula is C38H46Cl2N4O7. The van der Waals surface area contributed by atoms with Gasteiger partial charge in [-0.3, -0.25) is 4.98 Å². The number of aliphatic hydroxyl groups excluding tert-OH is 4. The summed E-state index contributed by atoms with van der Waals surface area (Å²) in [5, 5.41) is 54.3. The van der Waals surface area contributed by atoms with Crippen molar-refractivity contribution in [3.63, 3.8) is 0 Å². The number of nitriles is 1. The lowest BCUT2D eigenvalue weighted by molar-refractivity contribution is -0.0525. The number of nitrogens with one attached hydrogen (secondary N) is 2. The van der Waals surface area contributed by atoms with Crippen LogP contribution in [0.2, 0.25) is 5.02 Å². The van der Waals surface area contributed by atoms with E-state index in [0.717, 1.165) is 11.1 Å². The van der Waals surface area contributed by atoms with E-state index in [9.17, 15) is 20.6 Å². The van der Waals surface area contributed by atoms with Gasteiger partial charge in [-0.15, -0.1) is 11.6 Å². The molecule has 1 heterocycles. The third kappa shape index (κ3) is 10.5. The van der Waals surface area contributed by atoms with Crippen molar-refractivity contribution >= 4 is 28.8 Å². The number of benzene rings is 2. The van der Waals surface area contributed by atoms with E-state index in [4.69, 9.17) is 42.5 Å². The number of allylic oxidation sites excluding steroid dienone is 2. The molecule has 274 valence electrons. The summed E-state index contributed by atoms with van der Waals surface area (Å²) in [6.45, 7) is 4.04. The Balaban J connectivity index is 1.62. The Labute approximate surface area is 309 Å². The highest BCUT2D eigenvalue weighted by atomic mass is 35.5. The number of halogens is 2. The molecule has 51 heavy (non-hydrogen) atoms. The number of alkyl halides is 1. The Kier molecular flexibility index (Phi) is 14.8. The van der Waals surface area contributed by atoms with Gasteiger partial charge in [-0.25, -0.2) is 0 Å². The quantitative estimate of drug-likeness (QED) is 0.0728. The van der Waals surface area contributed by atoms with Crippen LogP contribution in [0.1, 0.15) is 42.5 Å². The van der Waals surface area contributed by atoms with Crippen LogP contribution in [0, 0.1) is 11.3 Å². The topological polar surface area (TPSA) is 169 Å². The van der Waals surface area contributed by atoms with Crippen LogP contribution < -0.4 is 20.1 Å². The van der Waals surface area contributed by atoms with Crippen LogP contribution in [0.25, 0.3) is 5.57 Å². The largest absolute Gasteiger partial charge is 0.488 e. The van der Waals surface area contributed by atoms with E-state index >= 15 is 0 Å². The number of nitrogens with zero attached hydrogens (tertiary/aromatic N) is 2. The molecule has 4 rings (SSSR count). The van der Waals surface area contributed by atoms with Gasteiger partial charge in [0.2, 0.25) is 0 Å². The Morgan fingerprint density at radius 2 is 1.82 bits per heavy atom. The van der Waals surface area contributed by atoms with Gasteiger partial charge in [0.05, 0.1) is 42.0 Å². The first-order chi connectivity index (χ1) is 24.5. The fourth-order valence-corrected chi connectivity index (χ4v) is 6.01. The highest BCUT2D eigenvalue weighted by Crippen LogP contribution is 2.47. The van der Waals surface area contributed by atoms with Gasteiger partial charge in [0.15, 0.2) is 0 Å². The first kappa shape index (κ1) is 40.2. The molecule has 2 unspecified atom stereocenters. The van der Waals surface area contributed by atoms with E-state index in [0.29, 0.717) is 52.8 Å². The second-order valence-electron chi connectivity index (χ2n) is 12.8. The molecule has 1 aromatic heterocycles. The average molecular weight is 742 g/mol. The number of ether oxygens (including phenoxy) is 3. The first-order valence-electron chi connectivity index (χ1n) is 16.7. The second-order valence-corrected chi connectivity index (χ2v) is 14.0. The molecule has 0 spiro atoms. The fraction of sp³-hybridized carbons (Fsp3) is 0.421. The van der Waals surface area contributed by atoms with Crippen LogP contribution in [-0.2, 0) is 17.9 Å². The molecule has 3 aromatic rings. The van der Waals surface area contributed by atoms with E-state index in [2.05, 4.69) is 21.7 Å². The van der Waals surface area contributed by atoms with Crippen molar-refractivity contribution in [3.8, 4) is 17.6 Å². The predicted octanol–water partition coefficient (Wildman–Crippen LogP) is 4.14. The van der Waals surface area contributed by atoms with Gasteiger partial charge in [0.1, 0.15) is 41.3 Å². The highest BCUT2D eigenvalue weighted by molar-refractivity contribution is 6.32. The first-order valence-corrected chi connectivity index (χ1v) is 17.4. The SMILES string of the molecule is CC(CO)(CO)NCc1cc(Cl)c(OCC2(OCCCNCC(O)CO)C=CC=C(c3ccccc3)[C@]2(C)Cl)cc1OCc1cncc(C#N)c1. The lowest BCUT2D eigenvalue weighted by Crippen LogP contribution is -2.55. The van der Waals surface area contributed by atoms with E-state index in [1.54, 1.807) is 31.3 Å². The summed E-state index contributed by atoms with van der Waals surface area (Å²) < 4.78 is 19.3. The average Bonchev–Trinajstić information content (AvgIpc) is 3.15. The third-order valence-corrected chi connectivity index (χ3v) is 9.56. The van der Waals surface area contributed by atoms with Crippen molar-refractivity contribution in [1.82, 2.24) is 15.6 Å². The monoisotopic (exact) mass is 740 g/mol. The maximum Gasteiger partial charge on any atom is 0.143 e. The van der Waals surface area contributed by atoms with Gasteiger partial charge in [0, 0.05) is 49.3 Å². The van der Waals surface area contributed by atoms with Crippen LogP contribution >= 0.6 is 23.2 Å². The minimum atomic E-state index is -1.16. The fourth-order valence-electron chi connectivity index (χ4n) is 5.42. The number of aliphatic hydroxyl groups is 4. The van der Waals surface area contributed by atoms with Gasteiger partial charge in [0.25, 0.3) is 0 Å². The maximum atomic E-state index is 9.83. The molecule has 0 bridgehead atoms. The van der Waals surface area contributed by atoms with E-state index in [1.807, 2.05) is 55.5 Å². The van der Waals surface area contributed by atoms with Crippen LogP contribution in [0.5, 0.6) is 11.5 Å². The zero-order valence-corrected chi connectivity index (χ0v) is 30.3. The molecule has 0 aliphatic heterocycles. The lowest BCUT2D eigenvalue weighted by Gasteiger charge is -2.45. The van der Waals surface area contributed by atoms with Crippen molar-refractivity contribution in [3.05, 3.63) is 106 Å². The summed E-state index contributed by atoms with van der Waals surface area (Å²) in [5.74, 6) is 0.733. The zero-order valence-electron chi connectivity index (χ0n) is 28.8. The van der Waals surface area contributed by atoms with Crippen molar-refractivity contribution in [2.75, 3.05) is 46.1 Å². The molecule has 0 saturated carbocycles. The summed E-state index contributed by atoms with van der Waals surface area (Å²) in [7, 11) is 0. The predicted molar refractivity (Wildman–Crippen MR) is 197 cm³/mol. The smallest absolute Gasteiger partial charge is 0.143 e. The van der Waals surface area contributed by atoms with Crippen LogP contribution in [0.4, 0.5) is 0 Å². The van der Waals surface area contributed by atoms with Crippen LogP contribution in [0.15, 0.2) is 79.2 Å². The third-order valence-electron chi connectivity index (χ3n) is 8.74. The number of rotatable bonds is 20. The van der Waals surface area contributed by atoms with Gasteiger partial charge in [-0.1, -0.05) is 54.1 Å². The molecule has 0 fully saturated rings. The molecule has 0 radical (unpaired) electrons. The minimum absolute atomic E-state index is 0.0255. The van der Waals surface area contributed by atoms with Crippen LogP contribution in [0.3, 0.4) is 0 Å². The van der Waals surface area contributed by atoms with Gasteiger partial charge >= 0.3 is 0 Å². The Morgan fingerprint density at radius 1 is 1.06 bits per heavy atom. The number of aromatic nitrogens is 1.